The molecule has 2 heteroatoms. The van der Waals surface area contributed by atoms with Crippen LogP contribution in [0.2, 0.25) is 0 Å². The summed E-state index contributed by atoms with van der Waals surface area (Å²) in [6, 6.07) is 0. The minimum atomic E-state index is -0.728. The molecule has 1 N–H and O–H groups in total. The van der Waals surface area contributed by atoms with Gasteiger partial charge in [0.15, 0.2) is 5.78 Å². The van der Waals surface area contributed by atoms with E-state index in [1.807, 2.05) is 6.92 Å². The van der Waals surface area contributed by atoms with E-state index < -0.39 is 6.10 Å². The molecule has 1 aliphatic carbocycles. The zero-order valence-corrected chi connectivity index (χ0v) is 5.42. The third-order valence-electron chi connectivity index (χ3n) is 1.53. The van der Waals surface area contributed by atoms with Gasteiger partial charge in [-0.3, -0.25) is 4.79 Å². The highest BCUT2D eigenvalue weighted by Gasteiger charge is 2.16. The van der Waals surface area contributed by atoms with Gasteiger partial charge >= 0.3 is 0 Å². The van der Waals surface area contributed by atoms with E-state index in [9.17, 15) is 4.79 Å². The average Bonchev–Trinajstić information content (AvgIpc) is 1.80. The van der Waals surface area contributed by atoms with Gasteiger partial charge in [-0.1, -0.05) is 5.57 Å². The average molecular weight is 126 g/mol. The molecule has 9 heavy (non-hydrogen) atoms. The van der Waals surface area contributed by atoms with Crippen molar-refractivity contribution in [3.63, 3.8) is 0 Å². The Balaban J connectivity index is 2.70. The molecule has 0 aromatic heterocycles. The third kappa shape index (κ3) is 1.39. The van der Waals surface area contributed by atoms with E-state index in [4.69, 9.17) is 5.11 Å². The monoisotopic (exact) mass is 126 g/mol. The maximum Gasteiger partial charge on any atom is 0.184 e. The lowest BCUT2D eigenvalue weighted by atomic mass is 9.98. The molecule has 0 unspecified atom stereocenters. The van der Waals surface area contributed by atoms with Crippen molar-refractivity contribution in [3.05, 3.63) is 11.6 Å². The van der Waals surface area contributed by atoms with Crippen LogP contribution in [0, 0.1) is 0 Å². The Labute approximate surface area is 54.2 Å². The zero-order chi connectivity index (χ0) is 6.85. The van der Waals surface area contributed by atoms with Crippen molar-refractivity contribution in [2.24, 2.45) is 0 Å². The summed E-state index contributed by atoms with van der Waals surface area (Å²) in [7, 11) is 0. The molecule has 1 rings (SSSR count). The number of hydrogen-bond donors (Lipinski definition) is 1. The van der Waals surface area contributed by atoms with Crippen LogP contribution in [0.4, 0.5) is 0 Å². The van der Waals surface area contributed by atoms with Gasteiger partial charge in [0.1, 0.15) is 6.10 Å². The SMILES string of the molecule is CC1=CC(=O)[C@@H](O)CC1. The van der Waals surface area contributed by atoms with E-state index in [0.717, 1.165) is 12.0 Å². The molecular formula is C7H10O2. The van der Waals surface area contributed by atoms with Crippen molar-refractivity contribution in [3.8, 4) is 0 Å². The van der Waals surface area contributed by atoms with E-state index >= 15 is 0 Å². The minimum absolute atomic E-state index is 0.140. The molecule has 0 spiro atoms. The molecular weight excluding hydrogens is 116 g/mol. The first-order valence-corrected chi connectivity index (χ1v) is 3.09. The number of aliphatic hydroxyl groups is 1. The maximum atomic E-state index is 10.7. The van der Waals surface area contributed by atoms with Gasteiger partial charge in [0, 0.05) is 0 Å². The zero-order valence-electron chi connectivity index (χ0n) is 5.42. The van der Waals surface area contributed by atoms with Crippen LogP contribution in [-0.4, -0.2) is 17.0 Å². The van der Waals surface area contributed by atoms with Crippen LogP contribution < -0.4 is 0 Å². The molecule has 1 atom stereocenters. The molecule has 0 aliphatic heterocycles. The number of allylic oxidation sites excluding steroid dienone is 1. The van der Waals surface area contributed by atoms with E-state index in [2.05, 4.69) is 0 Å². The Morgan fingerprint density at radius 3 is 2.89 bits per heavy atom. The van der Waals surface area contributed by atoms with Crippen molar-refractivity contribution < 1.29 is 9.90 Å². The Hall–Kier alpha value is -0.630. The molecule has 0 fully saturated rings. The molecule has 2 nitrogen and oxygen atoms in total. The normalized spacial score (nSPS) is 28.0. The standard InChI is InChI=1S/C7H10O2/c1-5-2-3-6(8)7(9)4-5/h4,6,8H,2-3H2,1H3/t6-/m0/s1. The Morgan fingerprint density at radius 1 is 1.78 bits per heavy atom. The summed E-state index contributed by atoms with van der Waals surface area (Å²) in [5.41, 5.74) is 1.07. The molecule has 0 saturated heterocycles. The second-order valence-corrected chi connectivity index (χ2v) is 2.45. The number of hydrogen-bond acceptors (Lipinski definition) is 2. The molecule has 0 aromatic carbocycles. The van der Waals surface area contributed by atoms with Crippen LogP contribution >= 0.6 is 0 Å². The fraction of sp³-hybridized carbons (Fsp3) is 0.571. The van der Waals surface area contributed by atoms with Gasteiger partial charge in [0.05, 0.1) is 0 Å². The predicted octanol–water partition coefficient (Wildman–Crippen LogP) is 0.657. The lowest BCUT2D eigenvalue weighted by Crippen LogP contribution is -2.21. The Morgan fingerprint density at radius 2 is 2.44 bits per heavy atom. The number of aliphatic hydroxyl groups excluding tert-OH is 1. The summed E-state index contributed by atoms with van der Waals surface area (Å²) >= 11 is 0. The van der Waals surface area contributed by atoms with Crippen molar-refractivity contribution in [2.45, 2.75) is 25.9 Å². The fourth-order valence-electron chi connectivity index (χ4n) is 0.918. The van der Waals surface area contributed by atoms with Crippen molar-refractivity contribution in [2.75, 3.05) is 0 Å². The highest BCUT2D eigenvalue weighted by atomic mass is 16.3. The van der Waals surface area contributed by atoms with Crippen LogP contribution in [0.3, 0.4) is 0 Å². The number of ketones is 1. The first-order valence-electron chi connectivity index (χ1n) is 3.09. The summed E-state index contributed by atoms with van der Waals surface area (Å²) in [5.74, 6) is -0.140. The van der Waals surface area contributed by atoms with Gasteiger partial charge in [0.2, 0.25) is 0 Å². The van der Waals surface area contributed by atoms with Gasteiger partial charge in [0.25, 0.3) is 0 Å². The van der Waals surface area contributed by atoms with Crippen molar-refractivity contribution >= 4 is 5.78 Å². The largest absolute Gasteiger partial charge is 0.385 e. The molecule has 0 radical (unpaired) electrons. The lowest BCUT2D eigenvalue weighted by molar-refractivity contribution is -0.123. The predicted molar refractivity (Wildman–Crippen MR) is 34.0 cm³/mol. The number of carbonyl (C=O) groups is 1. The number of carbonyl (C=O) groups excluding carboxylic acids is 1. The number of rotatable bonds is 0. The molecule has 0 bridgehead atoms. The summed E-state index contributed by atoms with van der Waals surface area (Å²) < 4.78 is 0. The van der Waals surface area contributed by atoms with Crippen LogP contribution in [0.5, 0.6) is 0 Å². The van der Waals surface area contributed by atoms with Gasteiger partial charge in [-0.2, -0.15) is 0 Å². The second-order valence-electron chi connectivity index (χ2n) is 2.45. The van der Waals surface area contributed by atoms with Gasteiger partial charge in [-0.15, -0.1) is 0 Å². The lowest BCUT2D eigenvalue weighted by Gasteiger charge is -2.12. The van der Waals surface area contributed by atoms with Crippen LogP contribution in [0.15, 0.2) is 11.6 Å². The summed E-state index contributed by atoms with van der Waals surface area (Å²) in [4.78, 5) is 10.7. The van der Waals surface area contributed by atoms with Crippen LogP contribution in [0.1, 0.15) is 19.8 Å². The van der Waals surface area contributed by atoms with Crippen molar-refractivity contribution in [1.29, 1.82) is 0 Å². The van der Waals surface area contributed by atoms with Crippen molar-refractivity contribution in [1.82, 2.24) is 0 Å². The van der Waals surface area contributed by atoms with E-state index in [0.29, 0.717) is 6.42 Å². The first-order chi connectivity index (χ1) is 4.20. The summed E-state index contributed by atoms with van der Waals surface area (Å²) in [5, 5.41) is 8.90. The topological polar surface area (TPSA) is 37.3 Å². The fourth-order valence-corrected chi connectivity index (χ4v) is 0.918. The summed E-state index contributed by atoms with van der Waals surface area (Å²) in [6.45, 7) is 1.91. The Bertz CT molecular complexity index is 158. The molecule has 1 aliphatic rings. The minimum Gasteiger partial charge on any atom is -0.385 e. The van der Waals surface area contributed by atoms with E-state index in [1.54, 1.807) is 0 Å². The molecule has 0 aromatic rings. The van der Waals surface area contributed by atoms with E-state index in [1.165, 1.54) is 6.08 Å². The third-order valence-corrected chi connectivity index (χ3v) is 1.53. The molecule has 0 saturated carbocycles. The van der Waals surface area contributed by atoms with E-state index in [-0.39, 0.29) is 5.78 Å². The highest BCUT2D eigenvalue weighted by molar-refractivity contribution is 5.94. The van der Waals surface area contributed by atoms with Gasteiger partial charge in [-0.25, -0.2) is 0 Å². The Kier molecular flexibility index (Phi) is 1.67. The molecule has 0 heterocycles. The summed E-state index contributed by atoms with van der Waals surface area (Å²) in [6.07, 6.45) is 2.25. The highest BCUT2D eigenvalue weighted by Crippen LogP contribution is 2.13. The maximum absolute atomic E-state index is 10.7. The molecule has 50 valence electrons. The molecule has 0 amide bonds. The van der Waals surface area contributed by atoms with Gasteiger partial charge < -0.3 is 5.11 Å². The van der Waals surface area contributed by atoms with Crippen LogP contribution in [0.25, 0.3) is 0 Å². The second kappa shape index (κ2) is 2.31. The first kappa shape index (κ1) is 6.49. The van der Waals surface area contributed by atoms with Crippen LogP contribution in [-0.2, 0) is 4.79 Å². The quantitative estimate of drug-likeness (QED) is 0.517. The smallest absolute Gasteiger partial charge is 0.184 e. The van der Waals surface area contributed by atoms with Gasteiger partial charge in [-0.05, 0) is 25.8 Å².